The Morgan fingerprint density at radius 3 is 2.62 bits per heavy atom. The van der Waals surface area contributed by atoms with E-state index in [1.807, 2.05) is 32.3 Å². The van der Waals surface area contributed by atoms with Crippen LogP contribution in [0.4, 0.5) is 5.69 Å². The second-order valence-electron chi connectivity index (χ2n) is 5.68. The second kappa shape index (κ2) is 8.64. The fourth-order valence-corrected chi connectivity index (χ4v) is 2.00. The van der Waals surface area contributed by atoms with Crippen LogP contribution >= 0.6 is 0 Å². The number of hydrogen-bond acceptors (Lipinski definition) is 4. The lowest BCUT2D eigenvalue weighted by molar-refractivity contribution is -0.116. The van der Waals surface area contributed by atoms with Crippen LogP contribution in [0, 0.1) is 0 Å². The quantitative estimate of drug-likeness (QED) is 0.770. The molecule has 0 fully saturated rings. The van der Waals surface area contributed by atoms with E-state index >= 15 is 0 Å². The highest BCUT2D eigenvalue weighted by molar-refractivity contribution is 5.92. The molecule has 0 bridgehead atoms. The molecular formula is C16H27N3O2. The summed E-state index contributed by atoms with van der Waals surface area (Å²) in [5.41, 5.74) is 1.86. The zero-order valence-electron chi connectivity index (χ0n) is 13.7. The van der Waals surface area contributed by atoms with Gasteiger partial charge in [-0.15, -0.1) is 0 Å². The first-order valence-corrected chi connectivity index (χ1v) is 7.27. The summed E-state index contributed by atoms with van der Waals surface area (Å²) in [6.45, 7) is 5.61. The third kappa shape index (κ3) is 6.60. The number of benzene rings is 1. The first-order valence-electron chi connectivity index (χ1n) is 7.27. The molecule has 0 aromatic heterocycles. The first kappa shape index (κ1) is 17.5. The van der Waals surface area contributed by atoms with Crippen LogP contribution in [0.2, 0.25) is 0 Å². The summed E-state index contributed by atoms with van der Waals surface area (Å²) in [6.07, 6.45) is 0.444. The molecule has 1 rings (SSSR count). The molecule has 0 heterocycles. The van der Waals surface area contributed by atoms with Gasteiger partial charge in [-0.2, -0.15) is 0 Å². The zero-order chi connectivity index (χ0) is 15.8. The number of carbonyl (C=O) groups excluding carboxylic acids is 1. The van der Waals surface area contributed by atoms with Crippen LogP contribution in [0.25, 0.3) is 0 Å². The summed E-state index contributed by atoms with van der Waals surface area (Å²) in [7, 11) is 5.64. The molecule has 21 heavy (non-hydrogen) atoms. The predicted octanol–water partition coefficient (Wildman–Crippen LogP) is 2.08. The highest BCUT2D eigenvalue weighted by Gasteiger charge is 2.09. The topological polar surface area (TPSA) is 53.6 Å². The molecular weight excluding hydrogens is 266 g/mol. The van der Waals surface area contributed by atoms with E-state index in [4.69, 9.17) is 4.74 Å². The minimum Gasteiger partial charge on any atom is -0.495 e. The number of amides is 1. The van der Waals surface area contributed by atoms with Gasteiger partial charge >= 0.3 is 0 Å². The fourth-order valence-electron chi connectivity index (χ4n) is 2.00. The average Bonchev–Trinajstić information content (AvgIpc) is 2.37. The van der Waals surface area contributed by atoms with E-state index in [0.29, 0.717) is 24.8 Å². The molecule has 0 unspecified atom stereocenters. The number of carbonyl (C=O) groups is 1. The lowest BCUT2D eigenvalue weighted by atomic mass is 10.1. The molecule has 5 nitrogen and oxygen atoms in total. The van der Waals surface area contributed by atoms with Crippen LogP contribution in [-0.4, -0.2) is 44.6 Å². The number of nitrogens with one attached hydrogen (secondary N) is 2. The highest BCUT2D eigenvalue weighted by Crippen LogP contribution is 2.26. The monoisotopic (exact) mass is 293 g/mol. The highest BCUT2D eigenvalue weighted by atomic mass is 16.5. The maximum absolute atomic E-state index is 12.0. The molecule has 1 aromatic carbocycles. The van der Waals surface area contributed by atoms with Gasteiger partial charge in [0.2, 0.25) is 5.91 Å². The molecule has 0 aliphatic heterocycles. The van der Waals surface area contributed by atoms with E-state index in [1.54, 1.807) is 7.11 Å². The van der Waals surface area contributed by atoms with Crippen molar-refractivity contribution in [3.8, 4) is 5.75 Å². The Kier molecular flexibility index (Phi) is 7.19. The van der Waals surface area contributed by atoms with Gasteiger partial charge in [0.25, 0.3) is 0 Å². The summed E-state index contributed by atoms with van der Waals surface area (Å²) in [6, 6.07) is 6.25. The first-order chi connectivity index (χ1) is 9.92. The number of rotatable bonds is 8. The van der Waals surface area contributed by atoms with Crippen molar-refractivity contribution in [3.63, 3.8) is 0 Å². The standard InChI is InChI=1S/C16H27N3O2/c1-12(2)17-9-8-16(20)18-14-10-13(11-19(3)4)6-7-15(14)21-5/h6-7,10,12,17H,8-9,11H2,1-5H3,(H,18,20). The third-order valence-corrected chi connectivity index (χ3v) is 2.94. The summed E-state index contributed by atoms with van der Waals surface area (Å²) in [4.78, 5) is 14.1. The van der Waals surface area contributed by atoms with Crippen molar-refractivity contribution in [2.24, 2.45) is 0 Å². The maximum Gasteiger partial charge on any atom is 0.225 e. The largest absolute Gasteiger partial charge is 0.495 e. The van der Waals surface area contributed by atoms with E-state index in [2.05, 4.69) is 29.4 Å². The van der Waals surface area contributed by atoms with Crippen LogP contribution in [0.3, 0.4) is 0 Å². The second-order valence-corrected chi connectivity index (χ2v) is 5.68. The number of ether oxygens (including phenoxy) is 1. The number of anilines is 1. The van der Waals surface area contributed by atoms with Crippen molar-refractivity contribution in [1.29, 1.82) is 0 Å². The van der Waals surface area contributed by atoms with Crippen LogP contribution in [0.5, 0.6) is 5.75 Å². The SMILES string of the molecule is COc1ccc(CN(C)C)cc1NC(=O)CCNC(C)C. The molecule has 1 amide bonds. The molecule has 0 saturated heterocycles. The Morgan fingerprint density at radius 2 is 2.05 bits per heavy atom. The van der Waals surface area contributed by atoms with E-state index in [9.17, 15) is 4.79 Å². The van der Waals surface area contributed by atoms with E-state index in [1.165, 1.54) is 0 Å². The number of nitrogens with zero attached hydrogens (tertiary/aromatic N) is 1. The minimum atomic E-state index is -0.0107. The number of hydrogen-bond donors (Lipinski definition) is 2. The van der Waals surface area contributed by atoms with Gasteiger partial charge in [-0.3, -0.25) is 4.79 Å². The van der Waals surface area contributed by atoms with Crippen LogP contribution in [0.15, 0.2) is 18.2 Å². The normalized spacial score (nSPS) is 11.0. The van der Waals surface area contributed by atoms with Gasteiger partial charge in [0.05, 0.1) is 12.8 Å². The average molecular weight is 293 g/mol. The summed E-state index contributed by atoms with van der Waals surface area (Å²) in [5, 5.41) is 6.16. The molecule has 0 atom stereocenters. The van der Waals surface area contributed by atoms with Crippen molar-refractivity contribution in [3.05, 3.63) is 23.8 Å². The van der Waals surface area contributed by atoms with Gasteiger partial charge < -0.3 is 20.3 Å². The molecule has 0 aliphatic carbocycles. The van der Waals surface area contributed by atoms with Crippen molar-refractivity contribution in [2.75, 3.05) is 33.1 Å². The molecule has 0 saturated carbocycles. The lowest BCUT2D eigenvalue weighted by Gasteiger charge is -2.15. The molecule has 0 radical (unpaired) electrons. The van der Waals surface area contributed by atoms with E-state index in [-0.39, 0.29) is 5.91 Å². The Balaban J connectivity index is 2.68. The maximum atomic E-state index is 12.0. The van der Waals surface area contributed by atoms with Gasteiger partial charge in [-0.05, 0) is 31.8 Å². The van der Waals surface area contributed by atoms with E-state index < -0.39 is 0 Å². The number of methoxy groups -OCH3 is 1. The van der Waals surface area contributed by atoms with Gasteiger partial charge in [-0.25, -0.2) is 0 Å². The Labute approximate surface area is 127 Å². The predicted molar refractivity (Wildman–Crippen MR) is 86.8 cm³/mol. The van der Waals surface area contributed by atoms with Crippen LogP contribution in [-0.2, 0) is 11.3 Å². The van der Waals surface area contributed by atoms with Gasteiger partial charge in [0, 0.05) is 25.6 Å². The molecule has 2 N–H and O–H groups in total. The molecule has 5 heteroatoms. The smallest absolute Gasteiger partial charge is 0.225 e. The minimum absolute atomic E-state index is 0.0107. The van der Waals surface area contributed by atoms with Crippen molar-refractivity contribution >= 4 is 11.6 Å². The lowest BCUT2D eigenvalue weighted by Crippen LogP contribution is -2.27. The third-order valence-electron chi connectivity index (χ3n) is 2.94. The van der Waals surface area contributed by atoms with Crippen molar-refractivity contribution in [1.82, 2.24) is 10.2 Å². The Bertz CT molecular complexity index is 459. The summed E-state index contributed by atoms with van der Waals surface area (Å²) in [5.74, 6) is 0.672. The summed E-state index contributed by atoms with van der Waals surface area (Å²) < 4.78 is 5.30. The van der Waals surface area contributed by atoms with Gasteiger partial charge in [-0.1, -0.05) is 19.9 Å². The van der Waals surface area contributed by atoms with Gasteiger partial charge in [0.1, 0.15) is 5.75 Å². The van der Waals surface area contributed by atoms with Crippen molar-refractivity contribution < 1.29 is 9.53 Å². The fraction of sp³-hybridized carbons (Fsp3) is 0.562. The Morgan fingerprint density at radius 1 is 1.33 bits per heavy atom. The van der Waals surface area contributed by atoms with Crippen molar-refractivity contribution in [2.45, 2.75) is 32.9 Å². The summed E-state index contributed by atoms with van der Waals surface area (Å²) >= 11 is 0. The van der Waals surface area contributed by atoms with Crippen LogP contribution in [0.1, 0.15) is 25.8 Å². The zero-order valence-corrected chi connectivity index (χ0v) is 13.7. The molecule has 1 aromatic rings. The molecule has 0 aliphatic rings. The molecule has 0 spiro atoms. The van der Waals surface area contributed by atoms with Gasteiger partial charge in [0.15, 0.2) is 0 Å². The van der Waals surface area contributed by atoms with E-state index in [0.717, 1.165) is 17.8 Å². The molecule has 118 valence electrons. The van der Waals surface area contributed by atoms with Crippen LogP contribution < -0.4 is 15.4 Å². The Hall–Kier alpha value is -1.59.